The van der Waals surface area contributed by atoms with E-state index in [1.807, 2.05) is 20.8 Å². The average Bonchev–Trinajstić information content (AvgIpc) is 3.43. The number of aliphatic hydroxyl groups is 2. The Morgan fingerprint density at radius 2 is 1.54 bits per heavy atom. The average molecular weight is 774 g/mol. The maximum absolute atomic E-state index is 14.3. The summed E-state index contributed by atoms with van der Waals surface area (Å²) in [5.74, 6) is -9.10. The molecule has 9 atom stereocenters. The standard InChI is InChI=1S/C43H48FNO11/c1-20-11-10-12-21(2)41(51)45-29-19-30(46)32-33(37(29)49)38(55-42(52)27-13-15-28(44)16-14-27)26(7)39-34(32)40(50)43(8,56-39)54-18-17-31(53-9)23(4)22(3)24(5)36(48)25(6)35(20)47/h10-20,22-25,31,35-36,47-48H,1-9H3,(H,45,51)/b11-10+,18-17+,21-12+/t20-,22+,23-,24-,25+,31-,35-,36-,43-/m0/s1. The number of benzene rings is 2. The predicted octanol–water partition coefficient (Wildman–Crippen LogP) is 5.99. The highest BCUT2D eigenvalue weighted by atomic mass is 19.1. The summed E-state index contributed by atoms with van der Waals surface area (Å²) >= 11 is 0. The number of hydrogen-bond acceptors (Lipinski definition) is 11. The van der Waals surface area contributed by atoms with Crippen LogP contribution in [0.25, 0.3) is 0 Å². The number of fused-ring (bicyclic) bond motifs is 14. The number of ketones is 3. The molecule has 0 spiro atoms. The molecule has 56 heavy (non-hydrogen) atoms. The first-order chi connectivity index (χ1) is 26.3. The Bertz CT molecular complexity index is 2070. The highest BCUT2D eigenvalue weighted by Gasteiger charge is 2.52. The van der Waals surface area contributed by atoms with Crippen molar-refractivity contribution in [3.8, 4) is 11.5 Å². The zero-order chi connectivity index (χ0) is 41.4. The molecule has 298 valence electrons. The third kappa shape index (κ3) is 7.89. The summed E-state index contributed by atoms with van der Waals surface area (Å²) in [5.41, 5.74) is -1.51. The lowest BCUT2D eigenvalue weighted by Crippen LogP contribution is -2.41. The molecule has 3 N–H and O–H groups in total. The van der Waals surface area contributed by atoms with Gasteiger partial charge >= 0.3 is 11.8 Å². The van der Waals surface area contributed by atoms with Gasteiger partial charge in [0, 0.05) is 43.1 Å². The third-order valence-corrected chi connectivity index (χ3v) is 11.4. The lowest BCUT2D eigenvalue weighted by molar-refractivity contribution is -0.116. The minimum Gasteiger partial charge on any atom is -0.454 e. The largest absolute Gasteiger partial charge is 0.454 e. The molecule has 0 unspecified atom stereocenters. The molecule has 2 aromatic carbocycles. The Kier molecular flexibility index (Phi) is 12.3. The molecule has 3 aliphatic heterocycles. The number of nitrogens with one attached hydrogen (secondary N) is 1. The monoisotopic (exact) mass is 773 g/mol. The number of hydrogen-bond donors (Lipinski definition) is 3. The van der Waals surface area contributed by atoms with E-state index in [2.05, 4.69) is 5.32 Å². The van der Waals surface area contributed by atoms with Crippen LogP contribution in [0.15, 0.2) is 72.2 Å². The zero-order valence-electron chi connectivity index (χ0n) is 32.8. The third-order valence-electron chi connectivity index (χ3n) is 11.4. The molecule has 5 bridgehead atoms. The molecule has 13 heteroatoms. The van der Waals surface area contributed by atoms with E-state index < -0.39 is 93.6 Å². The van der Waals surface area contributed by atoms with E-state index in [-0.39, 0.29) is 45.8 Å². The normalized spacial score (nSPS) is 32.0. The second kappa shape index (κ2) is 16.5. The molecule has 0 aromatic heterocycles. The summed E-state index contributed by atoms with van der Waals surface area (Å²) in [7, 11) is 1.51. The molecular formula is C43H48FNO11. The van der Waals surface area contributed by atoms with E-state index in [0.29, 0.717) is 0 Å². The lowest BCUT2D eigenvalue weighted by Gasteiger charge is -2.37. The minimum absolute atomic E-state index is 0.00891. The molecule has 12 nitrogen and oxygen atoms in total. The van der Waals surface area contributed by atoms with Crippen LogP contribution >= 0.6 is 0 Å². The number of carbonyl (C=O) groups is 5. The molecule has 1 aliphatic carbocycles. The molecule has 6 rings (SSSR count). The fourth-order valence-corrected chi connectivity index (χ4v) is 7.29. The van der Waals surface area contributed by atoms with E-state index in [9.17, 15) is 38.6 Å². The summed E-state index contributed by atoms with van der Waals surface area (Å²) < 4.78 is 37.2. The van der Waals surface area contributed by atoms with Crippen molar-refractivity contribution in [2.75, 3.05) is 7.11 Å². The Labute approximate surface area is 325 Å². The van der Waals surface area contributed by atoms with Crippen LogP contribution in [0, 0.1) is 42.3 Å². The number of halogens is 1. The van der Waals surface area contributed by atoms with Gasteiger partial charge in [0.1, 0.15) is 17.3 Å². The van der Waals surface area contributed by atoms with Gasteiger partial charge in [-0.25, -0.2) is 9.18 Å². The minimum atomic E-state index is -2.05. The first-order valence-corrected chi connectivity index (χ1v) is 18.5. The topological polar surface area (TPSA) is 175 Å². The van der Waals surface area contributed by atoms with E-state index in [0.717, 1.165) is 18.2 Å². The molecule has 0 radical (unpaired) electrons. The van der Waals surface area contributed by atoms with Crippen molar-refractivity contribution in [3.05, 3.63) is 106 Å². The molecule has 0 saturated heterocycles. The molecule has 0 fully saturated rings. The van der Waals surface area contributed by atoms with E-state index in [4.69, 9.17) is 18.9 Å². The second-order valence-corrected chi connectivity index (χ2v) is 15.0. The predicted molar refractivity (Wildman–Crippen MR) is 203 cm³/mol. The summed E-state index contributed by atoms with van der Waals surface area (Å²) in [4.78, 5) is 69.2. The Morgan fingerprint density at radius 1 is 0.875 bits per heavy atom. The SMILES string of the molecule is CO[C@H]1/C=C/O[C@@]2(C)Oc3c(C)c(OC(=O)c4ccc(F)cc4)c4c(c3C2=O)C(=O)C=C(NC(=O)/C(C)=C/C=C/[C@H](C)[C@H](O)[C@@H](C)[C@@H](O)[C@@H](C)[C@H](C)[C@@H]1C)C4=O. The molecule has 0 saturated carbocycles. The van der Waals surface area contributed by atoms with Crippen molar-refractivity contribution in [2.24, 2.45) is 29.6 Å². The Morgan fingerprint density at radius 3 is 2.18 bits per heavy atom. The van der Waals surface area contributed by atoms with Gasteiger partial charge in [-0.15, -0.1) is 0 Å². The summed E-state index contributed by atoms with van der Waals surface area (Å²) in [6.07, 6.45) is 6.07. The quantitative estimate of drug-likeness (QED) is 0.247. The van der Waals surface area contributed by atoms with Crippen molar-refractivity contribution in [2.45, 2.75) is 79.5 Å². The molecular weight excluding hydrogens is 725 g/mol. The van der Waals surface area contributed by atoms with Crippen molar-refractivity contribution in [1.29, 1.82) is 0 Å². The first kappa shape index (κ1) is 41.9. The van der Waals surface area contributed by atoms with Gasteiger partial charge in [-0.1, -0.05) is 52.8 Å². The smallest absolute Gasteiger partial charge is 0.343 e. The number of esters is 1. The van der Waals surface area contributed by atoms with Crippen molar-refractivity contribution < 1.29 is 57.5 Å². The van der Waals surface area contributed by atoms with E-state index in [1.54, 1.807) is 32.1 Å². The summed E-state index contributed by atoms with van der Waals surface area (Å²) in [5, 5.41) is 25.0. The second-order valence-electron chi connectivity index (χ2n) is 15.0. The van der Waals surface area contributed by atoms with E-state index in [1.165, 1.54) is 52.4 Å². The highest BCUT2D eigenvalue weighted by Crippen LogP contribution is 2.48. The maximum atomic E-state index is 14.3. The number of amides is 1. The number of aliphatic hydroxyl groups excluding tert-OH is 2. The fraction of sp³-hybridized carbons (Fsp3) is 0.419. The first-order valence-electron chi connectivity index (χ1n) is 18.5. The molecule has 4 aliphatic rings. The summed E-state index contributed by atoms with van der Waals surface area (Å²) in [6.45, 7) is 13.6. The van der Waals surface area contributed by atoms with Crippen LogP contribution < -0.4 is 14.8 Å². The van der Waals surface area contributed by atoms with Crippen molar-refractivity contribution in [3.63, 3.8) is 0 Å². The van der Waals surface area contributed by atoms with Gasteiger partial charge in [0.05, 0.1) is 52.5 Å². The number of methoxy groups -OCH3 is 1. The lowest BCUT2D eigenvalue weighted by atomic mass is 9.74. The number of allylic oxidation sites excluding steroid dienone is 4. The van der Waals surface area contributed by atoms with Crippen molar-refractivity contribution in [1.82, 2.24) is 5.32 Å². The molecule has 3 heterocycles. The van der Waals surface area contributed by atoms with Crippen LogP contribution in [0.4, 0.5) is 4.39 Å². The fourth-order valence-electron chi connectivity index (χ4n) is 7.29. The maximum Gasteiger partial charge on any atom is 0.343 e. The van der Waals surface area contributed by atoms with Gasteiger partial charge < -0.3 is 34.5 Å². The number of carbonyl (C=O) groups excluding carboxylic acids is 5. The molecule has 2 aromatic rings. The van der Waals surface area contributed by atoms with Crippen LogP contribution in [0.1, 0.15) is 95.5 Å². The Hall–Kier alpha value is -5.24. The Balaban J connectivity index is 1.64. The van der Waals surface area contributed by atoms with Crippen LogP contribution in [0.5, 0.6) is 11.5 Å². The number of rotatable bonds is 3. The van der Waals surface area contributed by atoms with Gasteiger partial charge in [0.2, 0.25) is 5.78 Å². The van der Waals surface area contributed by atoms with Gasteiger partial charge in [-0.2, -0.15) is 0 Å². The summed E-state index contributed by atoms with van der Waals surface area (Å²) in [6, 6.07) is 4.45. The van der Waals surface area contributed by atoms with Crippen LogP contribution in [0.2, 0.25) is 0 Å². The van der Waals surface area contributed by atoms with Crippen molar-refractivity contribution >= 4 is 29.2 Å². The van der Waals surface area contributed by atoms with Gasteiger partial charge in [-0.3, -0.25) is 19.2 Å². The van der Waals surface area contributed by atoms with Crippen LogP contribution in [0.3, 0.4) is 0 Å². The van der Waals surface area contributed by atoms with Crippen LogP contribution in [-0.2, 0) is 14.3 Å². The van der Waals surface area contributed by atoms with Gasteiger partial charge in [0.25, 0.3) is 11.7 Å². The highest BCUT2D eigenvalue weighted by molar-refractivity contribution is 6.31. The number of Topliss-reactive ketones (excluding diaryl/α,β-unsaturated/α-hetero) is 2. The van der Waals surface area contributed by atoms with E-state index >= 15 is 0 Å². The van der Waals surface area contributed by atoms with Gasteiger partial charge in [-0.05, 0) is 61.9 Å². The zero-order valence-corrected chi connectivity index (χ0v) is 32.8. The van der Waals surface area contributed by atoms with Crippen LogP contribution in [-0.4, -0.2) is 70.6 Å². The molecule has 1 amide bonds. The van der Waals surface area contributed by atoms with Gasteiger partial charge in [0.15, 0.2) is 5.78 Å². The number of ether oxygens (including phenoxy) is 4.